The number of aryl methyl sites for hydroxylation is 1. The van der Waals surface area contributed by atoms with Crippen LogP contribution in [0.15, 0.2) is 35.2 Å². The summed E-state index contributed by atoms with van der Waals surface area (Å²) in [5, 5.41) is 0.468. The Kier molecular flexibility index (Phi) is 4.61. The van der Waals surface area contributed by atoms with Crippen molar-refractivity contribution in [3.05, 3.63) is 51.5 Å². The number of carbonyl (C=O) groups excluding carboxylic acids is 1. The highest BCUT2D eigenvalue weighted by molar-refractivity contribution is 7.92. The number of nitrogens with zero attached hydrogens (tertiary/aromatic N) is 1. The summed E-state index contributed by atoms with van der Waals surface area (Å²) < 4.78 is 28.2. The van der Waals surface area contributed by atoms with Crippen molar-refractivity contribution in [1.29, 1.82) is 0 Å². The van der Waals surface area contributed by atoms with Crippen molar-refractivity contribution in [3.8, 4) is 0 Å². The molecular weight excluding hydrogens is 407 g/mol. The SMILES string of the molecule is Cc1cc(S(=O)(=O)Nc2ccc3c(c2)N(C(=O)C2CC2)CC3)c(Cl)cc1Cl. The lowest BCUT2D eigenvalue weighted by Gasteiger charge is -2.18. The van der Waals surface area contributed by atoms with E-state index in [-0.39, 0.29) is 21.7 Å². The van der Waals surface area contributed by atoms with Crippen molar-refractivity contribution in [2.75, 3.05) is 16.2 Å². The second-order valence-electron chi connectivity index (χ2n) is 6.99. The maximum Gasteiger partial charge on any atom is 0.263 e. The number of rotatable bonds is 4. The molecule has 8 heteroatoms. The van der Waals surface area contributed by atoms with E-state index in [0.29, 0.717) is 22.8 Å². The van der Waals surface area contributed by atoms with Crippen molar-refractivity contribution in [3.63, 3.8) is 0 Å². The minimum absolute atomic E-state index is 0.0301. The van der Waals surface area contributed by atoms with Gasteiger partial charge in [0.25, 0.3) is 10.0 Å². The summed E-state index contributed by atoms with van der Waals surface area (Å²) >= 11 is 12.1. The number of hydrogen-bond acceptors (Lipinski definition) is 3. The lowest BCUT2D eigenvalue weighted by Crippen LogP contribution is -2.30. The number of fused-ring (bicyclic) bond motifs is 1. The van der Waals surface area contributed by atoms with Gasteiger partial charge in [0.2, 0.25) is 5.91 Å². The van der Waals surface area contributed by atoms with Crippen LogP contribution in [0.1, 0.15) is 24.0 Å². The Morgan fingerprint density at radius 1 is 1.15 bits per heavy atom. The Hall–Kier alpha value is -1.76. The number of benzene rings is 2. The van der Waals surface area contributed by atoms with E-state index in [9.17, 15) is 13.2 Å². The smallest absolute Gasteiger partial charge is 0.263 e. The van der Waals surface area contributed by atoms with E-state index in [2.05, 4.69) is 4.72 Å². The van der Waals surface area contributed by atoms with Crippen LogP contribution in [0.5, 0.6) is 0 Å². The van der Waals surface area contributed by atoms with Crippen molar-refractivity contribution >= 4 is 50.5 Å². The Labute approximate surface area is 168 Å². The highest BCUT2D eigenvalue weighted by Crippen LogP contribution is 2.38. The predicted molar refractivity (Wildman–Crippen MR) is 107 cm³/mol. The second-order valence-corrected chi connectivity index (χ2v) is 9.46. The molecular formula is C19H18Cl2N2O3S. The van der Waals surface area contributed by atoms with Crippen LogP contribution in [0.25, 0.3) is 0 Å². The van der Waals surface area contributed by atoms with Crippen molar-refractivity contribution < 1.29 is 13.2 Å². The number of amides is 1. The third kappa shape index (κ3) is 3.53. The third-order valence-electron chi connectivity index (χ3n) is 4.93. The molecule has 1 saturated carbocycles. The van der Waals surface area contributed by atoms with Crippen LogP contribution in [-0.2, 0) is 21.2 Å². The van der Waals surface area contributed by atoms with E-state index < -0.39 is 10.0 Å². The number of anilines is 2. The summed E-state index contributed by atoms with van der Waals surface area (Å²) in [5.41, 5.74) is 2.85. The minimum Gasteiger partial charge on any atom is -0.312 e. The first-order chi connectivity index (χ1) is 12.8. The Bertz CT molecular complexity index is 1050. The molecule has 1 aliphatic carbocycles. The molecule has 5 nitrogen and oxygen atoms in total. The first-order valence-corrected chi connectivity index (χ1v) is 10.9. The average Bonchev–Trinajstić information content (AvgIpc) is 3.37. The zero-order chi connectivity index (χ0) is 19.3. The zero-order valence-corrected chi connectivity index (χ0v) is 17.0. The molecule has 142 valence electrons. The van der Waals surface area contributed by atoms with E-state index in [4.69, 9.17) is 23.2 Å². The Morgan fingerprint density at radius 2 is 1.89 bits per heavy atom. The van der Waals surface area contributed by atoms with Gasteiger partial charge in [-0.15, -0.1) is 0 Å². The van der Waals surface area contributed by atoms with Gasteiger partial charge in [0.15, 0.2) is 0 Å². The largest absolute Gasteiger partial charge is 0.312 e. The van der Waals surface area contributed by atoms with Crippen molar-refractivity contribution in [1.82, 2.24) is 0 Å². The molecule has 0 unspecified atom stereocenters. The van der Waals surface area contributed by atoms with Gasteiger partial charge in [0, 0.05) is 23.2 Å². The average molecular weight is 425 g/mol. The summed E-state index contributed by atoms with van der Waals surface area (Å²) in [6.07, 6.45) is 2.65. The molecule has 0 atom stereocenters. The van der Waals surface area contributed by atoms with Crippen molar-refractivity contribution in [2.45, 2.75) is 31.1 Å². The zero-order valence-electron chi connectivity index (χ0n) is 14.6. The predicted octanol–water partition coefficient (Wildman–Crippen LogP) is 4.40. The molecule has 0 bridgehead atoms. The van der Waals surface area contributed by atoms with Crippen LogP contribution in [0.2, 0.25) is 10.0 Å². The Morgan fingerprint density at radius 3 is 2.59 bits per heavy atom. The highest BCUT2D eigenvalue weighted by Gasteiger charge is 2.36. The molecule has 0 saturated heterocycles. The van der Waals surface area contributed by atoms with Crippen LogP contribution in [0.3, 0.4) is 0 Å². The summed E-state index contributed by atoms with van der Waals surface area (Å²) in [4.78, 5) is 14.2. The quantitative estimate of drug-likeness (QED) is 0.790. The van der Waals surface area contributed by atoms with E-state index in [1.54, 1.807) is 24.0 Å². The van der Waals surface area contributed by atoms with Crippen LogP contribution < -0.4 is 9.62 Å². The molecule has 27 heavy (non-hydrogen) atoms. The van der Waals surface area contributed by atoms with E-state index >= 15 is 0 Å². The van der Waals surface area contributed by atoms with E-state index in [0.717, 1.165) is 30.5 Å². The number of halogens is 2. The van der Waals surface area contributed by atoms with Gasteiger partial charge in [0.05, 0.1) is 10.7 Å². The maximum absolute atomic E-state index is 12.8. The molecule has 2 aromatic rings. The van der Waals surface area contributed by atoms with E-state index in [1.807, 2.05) is 6.07 Å². The fourth-order valence-electron chi connectivity index (χ4n) is 3.27. The molecule has 1 fully saturated rings. The summed E-state index contributed by atoms with van der Waals surface area (Å²) in [5.74, 6) is 0.247. The topological polar surface area (TPSA) is 66.5 Å². The fourth-order valence-corrected chi connectivity index (χ4v) is 5.15. The molecule has 2 aromatic carbocycles. The van der Waals surface area contributed by atoms with Crippen molar-refractivity contribution in [2.24, 2.45) is 5.92 Å². The molecule has 4 rings (SSSR count). The molecule has 1 aliphatic heterocycles. The lowest BCUT2D eigenvalue weighted by molar-refractivity contribution is -0.119. The van der Waals surface area contributed by atoms with Gasteiger partial charge >= 0.3 is 0 Å². The van der Waals surface area contributed by atoms with Gasteiger partial charge in [-0.3, -0.25) is 9.52 Å². The summed E-state index contributed by atoms with van der Waals surface area (Å²) in [6, 6.07) is 8.16. The molecule has 0 spiro atoms. The first kappa shape index (κ1) is 18.6. The van der Waals surface area contributed by atoms with Crippen LogP contribution in [-0.4, -0.2) is 20.9 Å². The van der Waals surface area contributed by atoms with Gasteiger partial charge in [-0.2, -0.15) is 0 Å². The molecule has 1 N–H and O–H groups in total. The third-order valence-corrected chi connectivity index (χ3v) is 7.18. The van der Waals surface area contributed by atoms with Gasteiger partial charge < -0.3 is 4.90 Å². The normalized spacial score (nSPS) is 16.3. The monoisotopic (exact) mass is 424 g/mol. The number of sulfonamides is 1. The lowest BCUT2D eigenvalue weighted by atomic mass is 10.1. The van der Waals surface area contributed by atoms with Gasteiger partial charge in [0.1, 0.15) is 4.90 Å². The molecule has 0 aromatic heterocycles. The van der Waals surface area contributed by atoms with Gasteiger partial charge in [-0.25, -0.2) is 8.42 Å². The van der Waals surface area contributed by atoms with Gasteiger partial charge in [-0.05, 0) is 61.6 Å². The number of hydrogen-bond donors (Lipinski definition) is 1. The summed E-state index contributed by atoms with van der Waals surface area (Å²) in [7, 11) is -3.89. The summed E-state index contributed by atoms with van der Waals surface area (Å²) in [6.45, 7) is 2.36. The highest BCUT2D eigenvalue weighted by atomic mass is 35.5. The second kappa shape index (κ2) is 6.69. The van der Waals surface area contributed by atoms with E-state index in [1.165, 1.54) is 12.1 Å². The van der Waals surface area contributed by atoms with Gasteiger partial charge in [-0.1, -0.05) is 29.3 Å². The van der Waals surface area contributed by atoms with Crippen LogP contribution in [0, 0.1) is 12.8 Å². The molecule has 1 amide bonds. The molecule has 0 radical (unpaired) electrons. The minimum atomic E-state index is -3.89. The van der Waals surface area contributed by atoms with Crippen LogP contribution >= 0.6 is 23.2 Å². The number of nitrogens with one attached hydrogen (secondary N) is 1. The number of carbonyl (C=O) groups is 1. The maximum atomic E-state index is 12.8. The molecule has 1 heterocycles. The van der Waals surface area contributed by atoms with Crippen LogP contribution in [0.4, 0.5) is 11.4 Å². The molecule has 2 aliphatic rings. The standard InChI is InChI=1S/C19H18Cl2N2O3S/c1-11-8-18(16(21)10-15(11)20)27(25,26)22-14-5-4-12-6-7-23(17(12)9-14)19(24)13-2-3-13/h4-5,8-10,13,22H,2-3,6-7H2,1H3. The fraction of sp³-hybridized carbons (Fsp3) is 0.316. The first-order valence-electron chi connectivity index (χ1n) is 8.69. The Balaban J connectivity index is 1.64.